The van der Waals surface area contributed by atoms with Gasteiger partial charge in [0.25, 0.3) is 0 Å². The average molecular weight is 514 g/mol. The number of aliphatic hydroxyl groups excluding tert-OH is 1. The molecule has 0 aliphatic carbocycles. The maximum absolute atomic E-state index is 10.9. The van der Waals surface area contributed by atoms with E-state index in [1.807, 2.05) is 92.0 Å². The van der Waals surface area contributed by atoms with Gasteiger partial charge in [0.15, 0.2) is 0 Å². The molecule has 1 unspecified atom stereocenters. The monoisotopic (exact) mass is 513 g/mol. The first kappa shape index (κ1) is 25.5. The Balaban J connectivity index is 1.40. The summed E-state index contributed by atoms with van der Waals surface area (Å²) in [5.41, 5.74) is 2.73. The molecule has 3 aromatic heterocycles. The minimum Gasteiger partial charge on any atom is -0.468 e. The zero-order valence-electron chi connectivity index (χ0n) is 21.3. The molecule has 0 saturated carbocycles. The molecule has 5 rings (SSSR count). The van der Waals surface area contributed by atoms with Crippen molar-refractivity contribution in [3.63, 3.8) is 0 Å². The normalized spacial score (nSPS) is 12.2. The van der Waals surface area contributed by atoms with Crippen LogP contribution in [0.2, 0.25) is 0 Å². The molecule has 8 nitrogen and oxygen atoms in total. The molecule has 1 N–H and O–H groups in total. The number of aromatic nitrogens is 2. The van der Waals surface area contributed by atoms with Gasteiger partial charge in [-0.2, -0.15) is 5.10 Å². The number of aliphatic hydroxyl groups is 1. The molecule has 8 heteroatoms. The maximum Gasteiger partial charge on any atom is 0.222 e. The summed E-state index contributed by atoms with van der Waals surface area (Å²) in [4.78, 5) is 2.11. The highest BCUT2D eigenvalue weighted by molar-refractivity contribution is 5.65. The van der Waals surface area contributed by atoms with Crippen molar-refractivity contribution in [1.82, 2.24) is 14.7 Å². The third kappa shape index (κ3) is 6.60. The molecular formula is C30H31N3O5. The third-order valence-electron chi connectivity index (χ3n) is 6.04. The van der Waals surface area contributed by atoms with Gasteiger partial charge in [0, 0.05) is 25.7 Å². The van der Waals surface area contributed by atoms with Gasteiger partial charge in [-0.15, -0.1) is 0 Å². The molecule has 196 valence electrons. The summed E-state index contributed by atoms with van der Waals surface area (Å²) in [5.74, 6) is 2.88. The lowest BCUT2D eigenvalue weighted by atomic mass is 10.1. The molecule has 5 aromatic rings. The van der Waals surface area contributed by atoms with E-state index in [4.69, 9.17) is 23.4 Å². The van der Waals surface area contributed by atoms with Gasteiger partial charge in [-0.1, -0.05) is 48.5 Å². The number of ether oxygens (including phenoxy) is 2. The Bertz CT molecular complexity index is 1370. The SMILES string of the molecule is Cn1nc(-c2ccccc2)c(CN(Cc2ccco2)CC(O)COCc2ccco2)c1Oc1ccccc1. The molecular weight excluding hydrogens is 482 g/mol. The topological polar surface area (TPSA) is 86.0 Å². The van der Waals surface area contributed by atoms with Crippen molar-refractivity contribution >= 4 is 0 Å². The maximum atomic E-state index is 10.9. The van der Waals surface area contributed by atoms with Crippen LogP contribution < -0.4 is 4.74 Å². The lowest BCUT2D eigenvalue weighted by molar-refractivity contribution is 0.00156. The fourth-order valence-corrected chi connectivity index (χ4v) is 4.32. The molecule has 0 aliphatic heterocycles. The van der Waals surface area contributed by atoms with E-state index < -0.39 is 6.10 Å². The van der Waals surface area contributed by atoms with Crippen LogP contribution in [0.5, 0.6) is 11.6 Å². The summed E-state index contributed by atoms with van der Waals surface area (Å²) in [7, 11) is 1.88. The van der Waals surface area contributed by atoms with Crippen LogP contribution in [0.15, 0.2) is 106 Å². The van der Waals surface area contributed by atoms with E-state index in [2.05, 4.69) is 4.90 Å². The van der Waals surface area contributed by atoms with Gasteiger partial charge in [0.05, 0.1) is 37.3 Å². The summed E-state index contributed by atoms with van der Waals surface area (Å²) < 4.78 is 24.7. The van der Waals surface area contributed by atoms with Crippen LogP contribution in [0.3, 0.4) is 0 Å². The van der Waals surface area contributed by atoms with Gasteiger partial charge in [-0.05, 0) is 36.4 Å². The smallest absolute Gasteiger partial charge is 0.222 e. The van der Waals surface area contributed by atoms with Crippen LogP contribution in [0.25, 0.3) is 11.3 Å². The Kier molecular flexibility index (Phi) is 8.35. The van der Waals surface area contributed by atoms with Crippen LogP contribution in [-0.2, 0) is 31.5 Å². The lowest BCUT2D eigenvalue weighted by Crippen LogP contribution is -2.34. The Morgan fingerprint density at radius 1 is 0.868 bits per heavy atom. The molecule has 1 atom stereocenters. The molecule has 0 amide bonds. The van der Waals surface area contributed by atoms with E-state index in [0.29, 0.717) is 32.1 Å². The number of aryl methyl sites for hydroxylation is 1. The first-order valence-electron chi connectivity index (χ1n) is 12.5. The standard InChI is InChI=1S/C30H31N3O5/c1-32-30(38-25-12-6-3-7-13-25)28(29(31-32)23-10-4-2-5-11-23)20-33(19-26-14-8-16-36-26)18-24(34)21-35-22-27-15-9-17-37-27/h2-17,24,34H,18-22H2,1H3. The van der Waals surface area contributed by atoms with Crippen molar-refractivity contribution in [1.29, 1.82) is 0 Å². The number of para-hydroxylation sites is 1. The number of hydrogen-bond donors (Lipinski definition) is 1. The van der Waals surface area contributed by atoms with Crippen molar-refractivity contribution in [3.8, 4) is 22.9 Å². The fourth-order valence-electron chi connectivity index (χ4n) is 4.32. The summed E-state index contributed by atoms with van der Waals surface area (Å²) in [6, 6.07) is 27.1. The number of rotatable bonds is 13. The minimum atomic E-state index is -0.727. The molecule has 38 heavy (non-hydrogen) atoms. The first-order valence-corrected chi connectivity index (χ1v) is 12.5. The Morgan fingerprint density at radius 3 is 2.24 bits per heavy atom. The second-order valence-electron chi connectivity index (χ2n) is 9.03. The Hall–Kier alpha value is -4.11. The molecule has 0 bridgehead atoms. The van der Waals surface area contributed by atoms with Crippen LogP contribution in [0.4, 0.5) is 0 Å². The zero-order chi connectivity index (χ0) is 26.2. The highest BCUT2D eigenvalue weighted by Crippen LogP contribution is 2.34. The average Bonchev–Trinajstić information content (AvgIpc) is 3.70. The predicted molar refractivity (Wildman–Crippen MR) is 142 cm³/mol. The van der Waals surface area contributed by atoms with Crippen molar-refractivity contribution < 1.29 is 23.4 Å². The zero-order valence-corrected chi connectivity index (χ0v) is 21.3. The molecule has 3 heterocycles. The van der Waals surface area contributed by atoms with E-state index in [0.717, 1.165) is 34.1 Å². The van der Waals surface area contributed by atoms with Gasteiger partial charge in [-0.25, -0.2) is 4.68 Å². The molecule has 0 saturated heterocycles. The van der Waals surface area contributed by atoms with Gasteiger partial charge in [0.2, 0.25) is 5.88 Å². The number of hydrogen-bond acceptors (Lipinski definition) is 7. The molecule has 0 spiro atoms. The van der Waals surface area contributed by atoms with E-state index in [1.165, 1.54) is 0 Å². The fraction of sp³-hybridized carbons (Fsp3) is 0.233. The second kappa shape index (κ2) is 12.4. The van der Waals surface area contributed by atoms with Gasteiger partial charge in [-0.3, -0.25) is 4.90 Å². The van der Waals surface area contributed by atoms with Gasteiger partial charge >= 0.3 is 0 Å². The van der Waals surface area contributed by atoms with Crippen molar-refractivity contribution in [3.05, 3.63) is 115 Å². The summed E-state index contributed by atoms with van der Waals surface area (Å²) >= 11 is 0. The van der Waals surface area contributed by atoms with Crippen LogP contribution in [0, 0.1) is 0 Å². The molecule has 0 aliphatic rings. The van der Waals surface area contributed by atoms with Gasteiger partial charge < -0.3 is 23.4 Å². The van der Waals surface area contributed by atoms with Crippen LogP contribution >= 0.6 is 0 Å². The third-order valence-corrected chi connectivity index (χ3v) is 6.04. The van der Waals surface area contributed by atoms with Crippen molar-refractivity contribution in [2.75, 3.05) is 13.2 Å². The van der Waals surface area contributed by atoms with E-state index in [1.54, 1.807) is 17.2 Å². The summed E-state index contributed by atoms with van der Waals surface area (Å²) in [5, 5.41) is 15.7. The summed E-state index contributed by atoms with van der Waals surface area (Å²) in [6.45, 7) is 1.79. The second-order valence-corrected chi connectivity index (χ2v) is 9.03. The van der Waals surface area contributed by atoms with Crippen molar-refractivity contribution in [2.24, 2.45) is 7.05 Å². The van der Waals surface area contributed by atoms with Gasteiger partial charge in [0.1, 0.15) is 29.6 Å². The Morgan fingerprint density at radius 2 is 1.55 bits per heavy atom. The molecule has 0 fully saturated rings. The number of nitrogens with zero attached hydrogens (tertiary/aromatic N) is 3. The predicted octanol–water partition coefficient (Wildman–Crippen LogP) is 5.65. The van der Waals surface area contributed by atoms with E-state index >= 15 is 0 Å². The van der Waals surface area contributed by atoms with E-state index in [-0.39, 0.29) is 6.61 Å². The first-order chi connectivity index (χ1) is 18.7. The summed E-state index contributed by atoms with van der Waals surface area (Å²) in [6.07, 6.45) is 2.53. The molecule has 0 radical (unpaired) electrons. The lowest BCUT2D eigenvalue weighted by Gasteiger charge is -2.25. The molecule has 2 aromatic carbocycles. The highest BCUT2D eigenvalue weighted by atomic mass is 16.5. The number of furan rings is 2. The van der Waals surface area contributed by atoms with Crippen molar-refractivity contribution in [2.45, 2.75) is 25.8 Å². The quantitative estimate of drug-likeness (QED) is 0.218. The highest BCUT2D eigenvalue weighted by Gasteiger charge is 2.24. The van der Waals surface area contributed by atoms with E-state index in [9.17, 15) is 5.11 Å². The Labute approximate surface area is 221 Å². The van der Waals surface area contributed by atoms with Crippen LogP contribution in [-0.4, -0.2) is 39.0 Å². The van der Waals surface area contributed by atoms with Crippen LogP contribution in [0.1, 0.15) is 17.1 Å². The number of benzene rings is 2. The minimum absolute atomic E-state index is 0.168. The largest absolute Gasteiger partial charge is 0.468 e.